The SMILES string of the molecule is CC(C1CC1)N(C(=O)CCNC(=O)c1ccsc1)C1CC1. The molecule has 5 heteroatoms. The summed E-state index contributed by atoms with van der Waals surface area (Å²) in [4.78, 5) is 26.4. The highest BCUT2D eigenvalue weighted by molar-refractivity contribution is 7.08. The lowest BCUT2D eigenvalue weighted by atomic mass is 10.1. The lowest BCUT2D eigenvalue weighted by Crippen LogP contribution is -2.42. The van der Waals surface area contributed by atoms with Crippen LogP contribution in [-0.4, -0.2) is 35.3 Å². The Bertz CT molecular complexity index is 506. The molecule has 1 N–H and O–H groups in total. The van der Waals surface area contributed by atoms with Gasteiger partial charge < -0.3 is 10.2 Å². The molecule has 0 saturated heterocycles. The lowest BCUT2D eigenvalue weighted by Gasteiger charge is -2.29. The van der Waals surface area contributed by atoms with Gasteiger partial charge in [-0.25, -0.2) is 0 Å². The highest BCUT2D eigenvalue weighted by Gasteiger charge is 2.41. The Kier molecular flexibility index (Phi) is 4.29. The number of carbonyl (C=O) groups is 2. The molecule has 0 aliphatic heterocycles. The van der Waals surface area contributed by atoms with Crippen LogP contribution in [0.1, 0.15) is 49.4 Å². The number of hydrogen-bond acceptors (Lipinski definition) is 3. The number of nitrogens with one attached hydrogen (secondary N) is 1. The summed E-state index contributed by atoms with van der Waals surface area (Å²) in [6.45, 7) is 2.60. The largest absolute Gasteiger partial charge is 0.351 e. The first kappa shape index (κ1) is 14.6. The van der Waals surface area contributed by atoms with E-state index in [1.165, 1.54) is 24.2 Å². The molecule has 0 aromatic carbocycles. The predicted molar refractivity (Wildman–Crippen MR) is 83.3 cm³/mol. The van der Waals surface area contributed by atoms with E-state index in [0.717, 1.165) is 12.8 Å². The minimum atomic E-state index is -0.0859. The third-order valence-electron chi connectivity index (χ3n) is 4.38. The topological polar surface area (TPSA) is 49.4 Å². The number of carbonyl (C=O) groups excluding carboxylic acids is 2. The van der Waals surface area contributed by atoms with Crippen LogP contribution in [0.4, 0.5) is 0 Å². The average molecular weight is 306 g/mol. The Morgan fingerprint density at radius 3 is 2.71 bits per heavy atom. The molecule has 3 rings (SSSR count). The second-order valence-electron chi connectivity index (χ2n) is 6.13. The van der Waals surface area contributed by atoms with Crippen LogP contribution in [0.3, 0.4) is 0 Å². The number of nitrogens with zero attached hydrogens (tertiary/aromatic N) is 1. The maximum Gasteiger partial charge on any atom is 0.252 e. The van der Waals surface area contributed by atoms with Crippen molar-refractivity contribution in [2.24, 2.45) is 5.92 Å². The normalized spacial score (nSPS) is 19.1. The van der Waals surface area contributed by atoms with Crippen molar-refractivity contribution in [1.82, 2.24) is 10.2 Å². The van der Waals surface area contributed by atoms with Crippen LogP contribution in [-0.2, 0) is 4.79 Å². The summed E-state index contributed by atoms with van der Waals surface area (Å²) >= 11 is 1.50. The standard InChI is InChI=1S/C16H22N2O2S/c1-11(12-2-3-12)18(14-4-5-14)15(19)6-8-17-16(20)13-7-9-21-10-13/h7,9-12,14H,2-6,8H2,1H3,(H,17,20). The predicted octanol–water partition coefficient (Wildman–Crippen LogP) is 2.66. The molecule has 0 spiro atoms. The average Bonchev–Trinajstić information content (AvgIpc) is 3.39. The molecule has 0 bridgehead atoms. The van der Waals surface area contributed by atoms with Gasteiger partial charge in [-0.05, 0) is 50.0 Å². The van der Waals surface area contributed by atoms with Crippen LogP contribution < -0.4 is 5.32 Å². The molecule has 1 atom stereocenters. The highest BCUT2D eigenvalue weighted by atomic mass is 32.1. The van der Waals surface area contributed by atoms with E-state index < -0.39 is 0 Å². The maximum atomic E-state index is 12.4. The van der Waals surface area contributed by atoms with E-state index in [4.69, 9.17) is 0 Å². The Morgan fingerprint density at radius 1 is 1.38 bits per heavy atom. The van der Waals surface area contributed by atoms with Crippen LogP contribution in [0, 0.1) is 5.92 Å². The minimum Gasteiger partial charge on any atom is -0.351 e. The van der Waals surface area contributed by atoms with E-state index in [1.807, 2.05) is 10.8 Å². The van der Waals surface area contributed by atoms with E-state index in [0.29, 0.717) is 36.5 Å². The summed E-state index contributed by atoms with van der Waals surface area (Å²) in [5.41, 5.74) is 0.679. The summed E-state index contributed by atoms with van der Waals surface area (Å²) in [6, 6.07) is 2.63. The van der Waals surface area contributed by atoms with Crippen LogP contribution in [0.15, 0.2) is 16.8 Å². The van der Waals surface area contributed by atoms with Crippen molar-refractivity contribution in [1.29, 1.82) is 0 Å². The molecule has 21 heavy (non-hydrogen) atoms. The lowest BCUT2D eigenvalue weighted by molar-refractivity contribution is -0.134. The number of hydrogen-bond donors (Lipinski definition) is 1. The zero-order chi connectivity index (χ0) is 14.8. The summed E-state index contributed by atoms with van der Waals surface area (Å²) in [7, 11) is 0. The van der Waals surface area contributed by atoms with Crippen LogP contribution in [0.25, 0.3) is 0 Å². The Hall–Kier alpha value is -1.36. The number of thiophene rings is 1. The van der Waals surface area contributed by atoms with Gasteiger partial charge in [-0.2, -0.15) is 11.3 Å². The van der Waals surface area contributed by atoms with Gasteiger partial charge in [0.05, 0.1) is 0 Å². The third-order valence-corrected chi connectivity index (χ3v) is 5.06. The Balaban J connectivity index is 1.47. The van der Waals surface area contributed by atoms with Crippen molar-refractivity contribution in [3.8, 4) is 0 Å². The van der Waals surface area contributed by atoms with E-state index >= 15 is 0 Å². The van der Waals surface area contributed by atoms with Gasteiger partial charge in [-0.15, -0.1) is 0 Å². The van der Waals surface area contributed by atoms with Gasteiger partial charge in [-0.3, -0.25) is 9.59 Å². The van der Waals surface area contributed by atoms with Crippen LogP contribution >= 0.6 is 11.3 Å². The second-order valence-corrected chi connectivity index (χ2v) is 6.91. The molecule has 114 valence electrons. The van der Waals surface area contributed by atoms with E-state index in [9.17, 15) is 9.59 Å². The van der Waals surface area contributed by atoms with Gasteiger partial charge in [0, 0.05) is 36.0 Å². The first-order chi connectivity index (χ1) is 10.2. The fraction of sp³-hybridized carbons (Fsp3) is 0.625. The zero-order valence-electron chi connectivity index (χ0n) is 12.4. The summed E-state index contributed by atoms with van der Waals surface area (Å²) in [6.07, 6.45) is 5.21. The monoisotopic (exact) mass is 306 g/mol. The van der Waals surface area contributed by atoms with Gasteiger partial charge in [0.1, 0.15) is 0 Å². The molecule has 1 heterocycles. The van der Waals surface area contributed by atoms with Gasteiger partial charge in [0.15, 0.2) is 0 Å². The van der Waals surface area contributed by atoms with Crippen molar-refractivity contribution in [2.75, 3.05) is 6.54 Å². The molecule has 1 unspecified atom stereocenters. The summed E-state index contributed by atoms with van der Waals surface area (Å²) in [5, 5.41) is 6.54. The Morgan fingerprint density at radius 2 is 2.14 bits per heavy atom. The Labute approximate surface area is 129 Å². The first-order valence-corrected chi connectivity index (χ1v) is 8.72. The molecule has 2 amide bonds. The quantitative estimate of drug-likeness (QED) is 0.842. The van der Waals surface area contributed by atoms with Crippen LogP contribution in [0.5, 0.6) is 0 Å². The van der Waals surface area contributed by atoms with E-state index in [1.54, 1.807) is 6.07 Å². The maximum absolute atomic E-state index is 12.4. The molecular weight excluding hydrogens is 284 g/mol. The van der Waals surface area contributed by atoms with Crippen molar-refractivity contribution in [2.45, 2.75) is 51.1 Å². The van der Waals surface area contributed by atoms with Crippen molar-refractivity contribution >= 4 is 23.2 Å². The van der Waals surface area contributed by atoms with Gasteiger partial charge in [-0.1, -0.05) is 0 Å². The summed E-state index contributed by atoms with van der Waals surface area (Å²) < 4.78 is 0. The molecule has 1 aromatic heterocycles. The van der Waals surface area contributed by atoms with Crippen molar-refractivity contribution in [3.05, 3.63) is 22.4 Å². The van der Waals surface area contributed by atoms with Crippen molar-refractivity contribution in [3.63, 3.8) is 0 Å². The third kappa shape index (κ3) is 3.64. The molecule has 0 radical (unpaired) electrons. The molecule has 2 saturated carbocycles. The van der Waals surface area contributed by atoms with Gasteiger partial charge in [0.2, 0.25) is 5.91 Å². The fourth-order valence-electron chi connectivity index (χ4n) is 2.83. The first-order valence-electron chi connectivity index (χ1n) is 7.78. The molecule has 4 nitrogen and oxygen atoms in total. The minimum absolute atomic E-state index is 0.0859. The molecular formula is C16H22N2O2S. The molecule has 2 aliphatic carbocycles. The zero-order valence-corrected chi connectivity index (χ0v) is 13.2. The van der Waals surface area contributed by atoms with Crippen LogP contribution in [0.2, 0.25) is 0 Å². The number of amides is 2. The smallest absolute Gasteiger partial charge is 0.252 e. The highest BCUT2D eigenvalue weighted by Crippen LogP contribution is 2.39. The van der Waals surface area contributed by atoms with E-state index in [2.05, 4.69) is 17.1 Å². The second kappa shape index (κ2) is 6.18. The summed E-state index contributed by atoms with van der Waals surface area (Å²) in [5.74, 6) is 0.815. The molecule has 2 fully saturated rings. The number of rotatable bonds is 7. The molecule has 1 aromatic rings. The fourth-order valence-corrected chi connectivity index (χ4v) is 3.47. The molecule has 2 aliphatic rings. The van der Waals surface area contributed by atoms with E-state index in [-0.39, 0.29) is 11.8 Å². The van der Waals surface area contributed by atoms with Gasteiger partial charge >= 0.3 is 0 Å². The van der Waals surface area contributed by atoms with Crippen molar-refractivity contribution < 1.29 is 9.59 Å². The van der Waals surface area contributed by atoms with Gasteiger partial charge in [0.25, 0.3) is 5.91 Å².